The Labute approximate surface area is 221 Å². The minimum atomic E-state index is -0.623. The lowest BCUT2D eigenvalue weighted by Crippen LogP contribution is -2.38. The molecule has 8 nitrogen and oxygen atoms in total. The monoisotopic (exact) mass is 521 g/mol. The molecule has 0 aromatic heterocycles. The summed E-state index contributed by atoms with van der Waals surface area (Å²) < 4.78 is 17.0. The number of rotatable bonds is 9. The number of amidine groups is 1. The van der Waals surface area contributed by atoms with Crippen LogP contribution in [0.3, 0.4) is 0 Å². The summed E-state index contributed by atoms with van der Waals surface area (Å²) in [5.41, 5.74) is 3.29. The van der Waals surface area contributed by atoms with Crippen LogP contribution >= 0.6 is 11.8 Å². The Morgan fingerprint density at radius 3 is 2.54 bits per heavy atom. The van der Waals surface area contributed by atoms with Gasteiger partial charge in [-0.05, 0) is 43.0 Å². The Bertz CT molecular complexity index is 1270. The van der Waals surface area contributed by atoms with Crippen molar-refractivity contribution in [2.75, 3.05) is 27.8 Å². The van der Waals surface area contributed by atoms with E-state index in [4.69, 9.17) is 19.2 Å². The minimum absolute atomic E-state index is 0.0218. The lowest BCUT2D eigenvalue weighted by atomic mass is 9.92. The zero-order chi connectivity index (χ0) is 26.5. The second-order valence-corrected chi connectivity index (χ2v) is 9.48. The molecule has 2 aliphatic rings. The number of ether oxygens (including phenoxy) is 3. The summed E-state index contributed by atoms with van der Waals surface area (Å²) in [6, 6.07) is 14.4. The van der Waals surface area contributed by atoms with E-state index in [0.717, 1.165) is 11.3 Å². The Hall–Kier alpha value is -3.72. The van der Waals surface area contributed by atoms with Crippen molar-refractivity contribution >= 4 is 28.8 Å². The summed E-state index contributed by atoms with van der Waals surface area (Å²) in [5.74, 6) is 0.703. The van der Waals surface area contributed by atoms with Gasteiger partial charge in [0.15, 0.2) is 5.17 Å². The number of amides is 1. The standard InChI is InChI=1S/C28H31N3O5S/c1-6-30(3)24(32)14-20-17-37-28-29-18(2)25(27(33)36-16-19-10-8-7-9-11-19)26(31(20)28)22-15-21(34-4)12-13-23(22)35-5/h7-13,15,17,26H,6,14,16H2,1-5H3/t26-/m0/s1. The number of aliphatic imine (C=N–C) groups is 1. The molecule has 0 spiro atoms. The van der Waals surface area contributed by atoms with Crippen molar-refractivity contribution in [3.8, 4) is 11.5 Å². The van der Waals surface area contributed by atoms with Crippen LogP contribution in [0.5, 0.6) is 11.5 Å². The van der Waals surface area contributed by atoms with Gasteiger partial charge in [-0.1, -0.05) is 42.1 Å². The van der Waals surface area contributed by atoms with Crippen molar-refractivity contribution in [3.63, 3.8) is 0 Å². The molecule has 0 aliphatic carbocycles. The van der Waals surface area contributed by atoms with E-state index in [-0.39, 0.29) is 18.9 Å². The van der Waals surface area contributed by atoms with Gasteiger partial charge in [0.25, 0.3) is 0 Å². The van der Waals surface area contributed by atoms with E-state index in [1.165, 1.54) is 11.8 Å². The predicted molar refractivity (Wildman–Crippen MR) is 144 cm³/mol. The molecule has 2 aromatic rings. The highest BCUT2D eigenvalue weighted by atomic mass is 32.2. The molecule has 2 heterocycles. The number of hydrogen-bond acceptors (Lipinski definition) is 8. The summed E-state index contributed by atoms with van der Waals surface area (Å²) in [4.78, 5) is 34.9. The van der Waals surface area contributed by atoms with E-state index in [1.54, 1.807) is 39.2 Å². The number of carbonyl (C=O) groups excluding carboxylic acids is 2. The first kappa shape index (κ1) is 26.3. The van der Waals surface area contributed by atoms with Crippen molar-refractivity contribution in [2.24, 2.45) is 4.99 Å². The number of thioether (sulfide) groups is 1. The van der Waals surface area contributed by atoms with Gasteiger partial charge in [0.1, 0.15) is 18.1 Å². The topological polar surface area (TPSA) is 80.7 Å². The van der Waals surface area contributed by atoms with Crippen molar-refractivity contribution in [1.29, 1.82) is 0 Å². The molecule has 0 radical (unpaired) electrons. The molecular formula is C28H31N3O5S. The van der Waals surface area contributed by atoms with Gasteiger partial charge in [-0.2, -0.15) is 0 Å². The van der Waals surface area contributed by atoms with Crippen LogP contribution in [0.15, 0.2) is 75.9 Å². The lowest BCUT2D eigenvalue weighted by Gasteiger charge is -2.37. The second kappa shape index (κ2) is 11.6. The molecule has 0 fully saturated rings. The predicted octanol–water partition coefficient (Wildman–Crippen LogP) is 4.89. The van der Waals surface area contributed by atoms with Crippen molar-refractivity contribution in [3.05, 3.63) is 82.0 Å². The molecule has 1 amide bonds. The van der Waals surface area contributed by atoms with E-state index in [9.17, 15) is 9.59 Å². The van der Waals surface area contributed by atoms with E-state index in [1.807, 2.05) is 59.7 Å². The molecule has 0 saturated heterocycles. The van der Waals surface area contributed by atoms with E-state index < -0.39 is 12.0 Å². The molecule has 37 heavy (non-hydrogen) atoms. The normalized spacial score (nSPS) is 16.6. The van der Waals surface area contributed by atoms with Crippen LogP contribution in [0.1, 0.15) is 37.4 Å². The van der Waals surface area contributed by atoms with Gasteiger partial charge < -0.3 is 24.0 Å². The number of allylic oxidation sites excluding steroid dienone is 1. The SMILES string of the molecule is CCN(C)C(=O)CC1=CSC2=NC(C)=C(C(=O)OCc3ccccc3)[C@H](c3cc(OC)ccc3OC)N12. The Morgan fingerprint density at radius 2 is 1.86 bits per heavy atom. The third-order valence-electron chi connectivity index (χ3n) is 6.40. The fourth-order valence-corrected chi connectivity index (χ4v) is 5.21. The third-order valence-corrected chi connectivity index (χ3v) is 7.29. The summed E-state index contributed by atoms with van der Waals surface area (Å²) >= 11 is 1.43. The van der Waals surface area contributed by atoms with Crippen LogP contribution in [-0.2, 0) is 20.9 Å². The van der Waals surface area contributed by atoms with Gasteiger partial charge in [-0.25, -0.2) is 9.79 Å². The maximum absolute atomic E-state index is 13.6. The van der Waals surface area contributed by atoms with Crippen molar-refractivity contribution in [1.82, 2.24) is 9.80 Å². The van der Waals surface area contributed by atoms with Crippen LogP contribution in [-0.4, -0.2) is 54.7 Å². The highest BCUT2D eigenvalue weighted by Crippen LogP contribution is 2.47. The summed E-state index contributed by atoms with van der Waals surface area (Å²) in [7, 11) is 4.95. The van der Waals surface area contributed by atoms with Gasteiger partial charge in [-0.15, -0.1) is 0 Å². The summed E-state index contributed by atoms with van der Waals surface area (Å²) in [6.45, 7) is 4.47. The number of fused-ring (bicyclic) bond motifs is 1. The number of esters is 1. The fourth-order valence-electron chi connectivity index (χ4n) is 4.25. The molecule has 1 atom stereocenters. The molecule has 9 heteroatoms. The van der Waals surface area contributed by atoms with Crippen LogP contribution in [0.25, 0.3) is 0 Å². The van der Waals surface area contributed by atoms with Crippen molar-refractivity contribution in [2.45, 2.75) is 32.9 Å². The van der Waals surface area contributed by atoms with Gasteiger partial charge >= 0.3 is 5.97 Å². The Balaban J connectivity index is 1.77. The highest BCUT2D eigenvalue weighted by Gasteiger charge is 2.42. The lowest BCUT2D eigenvalue weighted by molar-refractivity contribution is -0.141. The van der Waals surface area contributed by atoms with Gasteiger partial charge in [0.05, 0.1) is 38.0 Å². The summed E-state index contributed by atoms with van der Waals surface area (Å²) in [5, 5.41) is 2.61. The first-order chi connectivity index (χ1) is 17.9. The molecule has 0 saturated carbocycles. The van der Waals surface area contributed by atoms with E-state index in [2.05, 4.69) is 0 Å². The van der Waals surface area contributed by atoms with Crippen molar-refractivity contribution < 1.29 is 23.8 Å². The van der Waals surface area contributed by atoms with E-state index in [0.29, 0.717) is 40.0 Å². The number of nitrogens with zero attached hydrogens (tertiary/aromatic N) is 3. The molecule has 194 valence electrons. The molecule has 0 bridgehead atoms. The third kappa shape index (κ3) is 5.51. The van der Waals surface area contributed by atoms with Gasteiger partial charge in [-0.3, -0.25) is 4.79 Å². The van der Waals surface area contributed by atoms with Gasteiger partial charge in [0, 0.05) is 24.9 Å². The molecular weight excluding hydrogens is 490 g/mol. The van der Waals surface area contributed by atoms with Crippen LogP contribution in [0, 0.1) is 0 Å². The van der Waals surface area contributed by atoms with Crippen LogP contribution in [0.2, 0.25) is 0 Å². The average molecular weight is 522 g/mol. The number of benzene rings is 2. The first-order valence-corrected chi connectivity index (χ1v) is 12.9. The molecule has 4 rings (SSSR count). The zero-order valence-corrected chi connectivity index (χ0v) is 22.5. The molecule has 2 aliphatic heterocycles. The minimum Gasteiger partial charge on any atom is -0.497 e. The van der Waals surface area contributed by atoms with Crippen LogP contribution in [0.4, 0.5) is 0 Å². The Kier molecular flexibility index (Phi) is 8.23. The van der Waals surface area contributed by atoms with Gasteiger partial charge in [0.2, 0.25) is 5.91 Å². The summed E-state index contributed by atoms with van der Waals surface area (Å²) in [6.07, 6.45) is 0.171. The number of methoxy groups -OCH3 is 2. The molecule has 2 aromatic carbocycles. The maximum atomic E-state index is 13.6. The van der Waals surface area contributed by atoms with E-state index >= 15 is 0 Å². The quantitative estimate of drug-likeness (QED) is 0.435. The van der Waals surface area contributed by atoms with Crippen LogP contribution < -0.4 is 9.47 Å². The molecule has 0 N–H and O–H groups in total. The zero-order valence-electron chi connectivity index (χ0n) is 21.7. The number of carbonyl (C=O) groups is 2. The smallest absolute Gasteiger partial charge is 0.338 e. The molecule has 0 unspecified atom stereocenters. The number of hydrogen-bond donors (Lipinski definition) is 0. The average Bonchev–Trinajstić information content (AvgIpc) is 3.32. The highest BCUT2D eigenvalue weighted by molar-refractivity contribution is 8.16. The largest absolute Gasteiger partial charge is 0.497 e. The second-order valence-electron chi connectivity index (χ2n) is 8.65. The Morgan fingerprint density at radius 1 is 1.11 bits per heavy atom. The fraction of sp³-hybridized carbons (Fsp3) is 0.321. The maximum Gasteiger partial charge on any atom is 0.338 e. The first-order valence-electron chi connectivity index (χ1n) is 12.0.